The van der Waals surface area contributed by atoms with Crippen LogP contribution in [-0.2, 0) is 18.4 Å². The van der Waals surface area contributed by atoms with E-state index in [1.54, 1.807) is 10.9 Å². The van der Waals surface area contributed by atoms with Crippen molar-refractivity contribution in [3.63, 3.8) is 0 Å². The standard InChI is InChI=1S/C12H19N5O/c1-8(2)6-18-7-10-15-11(13-3)9-5-14-17(4)12(9)16-10/h5,8H,6-7H2,1-4H3,(H,13,15,16). The van der Waals surface area contributed by atoms with E-state index in [2.05, 4.69) is 34.2 Å². The molecule has 0 saturated carbocycles. The zero-order valence-corrected chi connectivity index (χ0v) is 11.3. The molecular formula is C12H19N5O. The molecule has 2 rings (SSSR count). The first-order valence-electron chi connectivity index (χ1n) is 6.06. The minimum atomic E-state index is 0.425. The summed E-state index contributed by atoms with van der Waals surface area (Å²) < 4.78 is 7.30. The highest BCUT2D eigenvalue weighted by molar-refractivity contribution is 5.86. The van der Waals surface area contributed by atoms with E-state index < -0.39 is 0 Å². The smallest absolute Gasteiger partial charge is 0.163 e. The molecule has 0 aliphatic carbocycles. The first kappa shape index (κ1) is 12.8. The lowest BCUT2D eigenvalue weighted by Crippen LogP contribution is -2.07. The summed E-state index contributed by atoms with van der Waals surface area (Å²) >= 11 is 0. The Kier molecular flexibility index (Phi) is 3.76. The van der Waals surface area contributed by atoms with Crippen LogP contribution in [0.5, 0.6) is 0 Å². The van der Waals surface area contributed by atoms with Gasteiger partial charge < -0.3 is 10.1 Å². The van der Waals surface area contributed by atoms with Crippen molar-refractivity contribution in [2.24, 2.45) is 13.0 Å². The van der Waals surface area contributed by atoms with Crippen molar-refractivity contribution in [2.45, 2.75) is 20.5 Å². The predicted octanol–water partition coefficient (Wildman–Crippen LogP) is 1.58. The van der Waals surface area contributed by atoms with Crippen molar-refractivity contribution in [1.29, 1.82) is 0 Å². The topological polar surface area (TPSA) is 64.9 Å². The zero-order valence-electron chi connectivity index (χ0n) is 11.3. The lowest BCUT2D eigenvalue weighted by Gasteiger charge is -2.08. The van der Waals surface area contributed by atoms with Crippen molar-refractivity contribution in [2.75, 3.05) is 19.0 Å². The maximum atomic E-state index is 5.56. The number of nitrogens with zero attached hydrogens (tertiary/aromatic N) is 4. The van der Waals surface area contributed by atoms with E-state index in [4.69, 9.17) is 4.74 Å². The molecular weight excluding hydrogens is 230 g/mol. The number of rotatable bonds is 5. The minimum Gasteiger partial charge on any atom is -0.373 e. The molecule has 2 aromatic rings. The molecule has 2 heterocycles. The summed E-state index contributed by atoms with van der Waals surface area (Å²) in [6.07, 6.45) is 1.76. The minimum absolute atomic E-state index is 0.425. The van der Waals surface area contributed by atoms with Crippen LogP contribution < -0.4 is 5.32 Å². The molecule has 98 valence electrons. The van der Waals surface area contributed by atoms with Gasteiger partial charge in [0.25, 0.3) is 0 Å². The van der Waals surface area contributed by atoms with Crippen LogP contribution in [0.25, 0.3) is 11.0 Å². The van der Waals surface area contributed by atoms with E-state index >= 15 is 0 Å². The van der Waals surface area contributed by atoms with Gasteiger partial charge in [0, 0.05) is 20.7 Å². The third kappa shape index (κ3) is 2.59. The highest BCUT2D eigenvalue weighted by Crippen LogP contribution is 2.19. The third-order valence-corrected chi connectivity index (χ3v) is 2.56. The molecule has 0 radical (unpaired) electrons. The van der Waals surface area contributed by atoms with Gasteiger partial charge in [-0.1, -0.05) is 13.8 Å². The summed E-state index contributed by atoms with van der Waals surface area (Å²) in [5.41, 5.74) is 0.817. The van der Waals surface area contributed by atoms with Crippen LogP contribution in [0, 0.1) is 5.92 Å². The second-order valence-electron chi connectivity index (χ2n) is 4.65. The number of aryl methyl sites for hydroxylation is 1. The van der Waals surface area contributed by atoms with Gasteiger partial charge in [-0.25, -0.2) is 9.97 Å². The SMILES string of the molecule is CNc1nc(COCC(C)C)nc2c1cnn2C. The lowest BCUT2D eigenvalue weighted by molar-refractivity contribution is 0.0925. The summed E-state index contributed by atoms with van der Waals surface area (Å²) in [6, 6.07) is 0. The fraction of sp³-hybridized carbons (Fsp3) is 0.583. The van der Waals surface area contributed by atoms with Gasteiger partial charge >= 0.3 is 0 Å². The molecule has 0 spiro atoms. The largest absolute Gasteiger partial charge is 0.373 e. The summed E-state index contributed by atoms with van der Waals surface area (Å²) in [5.74, 6) is 1.97. The number of ether oxygens (including phenoxy) is 1. The van der Waals surface area contributed by atoms with Crippen molar-refractivity contribution < 1.29 is 4.74 Å². The Labute approximate surface area is 106 Å². The molecule has 0 aliphatic heterocycles. The summed E-state index contributed by atoms with van der Waals surface area (Å²) in [6.45, 7) is 5.37. The molecule has 0 unspecified atom stereocenters. The number of fused-ring (bicyclic) bond motifs is 1. The average molecular weight is 249 g/mol. The normalized spacial score (nSPS) is 11.4. The number of hydrogen-bond donors (Lipinski definition) is 1. The molecule has 0 atom stereocenters. The second kappa shape index (κ2) is 5.30. The Morgan fingerprint density at radius 1 is 1.39 bits per heavy atom. The summed E-state index contributed by atoms with van der Waals surface area (Å²) in [7, 11) is 3.71. The maximum Gasteiger partial charge on any atom is 0.163 e. The van der Waals surface area contributed by atoms with Crippen LogP contribution in [0.3, 0.4) is 0 Å². The van der Waals surface area contributed by atoms with E-state index in [1.807, 2.05) is 14.1 Å². The highest BCUT2D eigenvalue weighted by Gasteiger charge is 2.10. The van der Waals surface area contributed by atoms with Gasteiger partial charge in [0.1, 0.15) is 12.4 Å². The van der Waals surface area contributed by atoms with E-state index in [0.29, 0.717) is 25.0 Å². The van der Waals surface area contributed by atoms with Gasteiger partial charge in [0.05, 0.1) is 11.6 Å². The Balaban J connectivity index is 2.25. The van der Waals surface area contributed by atoms with Crippen LogP contribution in [0.15, 0.2) is 6.20 Å². The Morgan fingerprint density at radius 2 is 2.17 bits per heavy atom. The fourth-order valence-electron chi connectivity index (χ4n) is 1.71. The Bertz CT molecular complexity index is 534. The number of anilines is 1. The first-order chi connectivity index (χ1) is 8.61. The molecule has 0 aliphatic rings. The number of nitrogens with one attached hydrogen (secondary N) is 1. The van der Waals surface area contributed by atoms with Gasteiger partial charge in [0.2, 0.25) is 0 Å². The van der Waals surface area contributed by atoms with Crippen LogP contribution in [0.1, 0.15) is 19.7 Å². The maximum absolute atomic E-state index is 5.56. The summed E-state index contributed by atoms with van der Waals surface area (Å²) in [4.78, 5) is 8.89. The van der Waals surface area contributed by atoms with E-state index in [9.17, 15) is 0 Å². The fourth-order valence-corrected chi connectivity index (χ4v) is 1.71. The molecule has 0 bridgehead atoms. The molecule has 0 saturated heterocycles. The average Bonchev–Trinajstić information content (AvgIpc) is 2.70. The predicted molar refractivity (Wildman–Crippen MR) is 70.3 cm³/mol. The van der Waals surface area contributed by atoms with Crippen molar-refractivity contribution >= 4 is 16.9 Å². The molecule has 0 fully saturated rings. The van der Waals surface area contributed by atoms with E-state index in [0.717, 1.165) is 16.9 Å². The third-order valence-electron chi connectivity index (χ3n) is 2.56. The van der Waals surface area contributed by atoms with Gasteiger partial charge in [-0.2, -0.15) is 5.10 Å². The second-order valence-corrected chi connectivity index (χ2v) is 4.65. The van der Waals surface area contributed by atoms with Crippen molar-refractivity contribution in [3.05, 3.63) is 12.0 Å². The molecule has 6 nitrogen and oxygen atoms in total. The number of hydrogen-bond acceptors (Lipinski definition) is 5. The van der Waals surface area contributed by atoms with Crippen LogP contribution in [0.4, 0.5) is 5.82 Å². The van der Waals surface area contributed by atoms with Gasteiger partial charge in [-0.05, 0) is 5.92 Å². The van der Waals surface area contributed by atoms with Crippen LogP contribution in [-0.4, -0.2) is 33.4 Å². The first-order valence-corrected chi connectivity index (χ1v) is 6.06. The van der Waals surface area contributed by atoms with Gasteiger partial charge in [0.15, 0.2) is 11.5 Å². The summed E-state index contributed by atoms with van der Waals surface area (Å²) in [5, 5.41) is 8.17. The molecule has 0 amide bonds. The highest BCUT2D eigenvalue weighted by atomic mass is 16.5. The van der Waals surface area contributed by atoms with Gasteiger partial charge in [-0.15, -0.1) is 0 Å². The monoisotopic (exact) mass is 249 g/mol. The molecule has 18 heavy (non-hydrogen) atoms. The molecule has 6 heteroatoms. The Morgan fingerprint density at radius 3 is 2.83 bits per heavy atom. The number of aromatic nitrogens is 4. The Hall–Kier alpha value is -1.69. The van der Waals surface area contributed by atoms with E-state index in [1.165, 1.54) is 0 Å². The van der Waals surface area contributed by atoms with E-state index in [-0.39, 0.29) is 0 Å². The zero-order chi connectivity index (χ0) is 13.1. The molecule has 0 aromatic carbocycles. The molecule has 1 N–H and O–H groups in total. The quantitative estimate of drug-likeness (QED) is 0.871. The van der Waals surface area contributed by atoms with Crippen LogP contribution >= 0.6 is 0 Å². The van der Waals surface area contributed by atoms with Crippen LogP contribution in [0.2, 0.25) is 0 Å². The van der Waals surface area contributed by atoms with Crippen molar-refractivity contribution in [3.8, 4) is 0 Å². The van der Waals surface area contributed by atoms with Crippen molar-refractivity contribution in [1.82, 2.24) is 19.7 Å². The van der Waals surface area contributed by atoms with Gasteiger partial charge in [-0.3, -0.25) is 4.68 Å². The lowest BCUT2D eigenvalue weighted by atomic mass is 10.2. The molecule has 2 aromatic heterocycles.